The lowest BCUT2D eigenvalue weighted by Crippen LogP contribution is -2.29. The van der Waals surface area contributed by atoms with Crippen LogP contribution in [-0.4, -0.2) is 35.5 Å². The van der Waals surface area contributed by atoms with Crippen LogP contribution in [0.3, 0.4) is 0 Å². The van der Waals surface area contributed by atoms with E-state index in [1.807, 2.05) is 31.2 Å². The standard InChI is InChI=1S/C29H23N3O5/c1-3-37-24-14-18(10-13-23(24)36-2)26-25(27(33)21-16-31-22-7-5-4-6-20(21)22)28(34)29(35)32(26)19-11-8-17(15-30)9-12-19/h4-14,16,26,31,33H,3H2,1-2H3/b27-25-. The minimum atomic E-state index is -0.952. The van der Waals surface area contributed by atoms with E-state index < -0.39 is 17.7 Å². The second kappa shape index (κ2) is 9.55. The number of H-pyrrole nitrogens is 1. The van der Waals surface area contributed by atoms with Crippen molar-refractivity contribution in [3.63, 3.8) is 0 Å². The van der Waals surface area contributed by atoms with Crippen molar-refractivity contribution in [2.45, 2.75) is 13.0 Å². The number of hydrogen-bond acceptors (Lipinski definition) is 6. The van der Waals surface area contributed by atoms with E-state index in [1.54, 1.807) is 48.7 Å². The summed E-state index contributed by atoms with van der Waals surface area (Å²) in [6, 6.07) is 20.0. The normalized spacial score (nSPS) is 16.7. The molecule has 1 fully saturated rings. The van der Waals surface area contributed by atoms with Crippen molar-refractivity contribution < 1.29 is 24.2 Å². The van der Waals surface area contributed by atoms with Gasteiger partial charge >= 0.3 is 0 Å². The van der Waals surface area contributed by atoms with Crippen LogP contribution in [0.2, 0.25) is 0 Å². The van der Waals surface area contributed by atoms with Gasteiger partial charge in [0.05, 0.1) is 37.0 Å². The summed E-state index contributed by atoms with van der Waals surface area (Å²) in [6.07, 6.45) is 1.62. The van der Waals surface area contributed by atoms with E-state index in [0.717, 1.165) is 5.52 Å². The predicted octanol–water partition coefficient (Wildman–Crippen LogP) is 5.07. The summed E-state index contributed by atoms with van der Waals surface area (Å²) in [6.45, 7) is 2.22. The van der Waals surface area contributed by atoms with E-state index in [2.05, 4.69) is 11.1 Å². The van der Waals surface area contributed by atoms with Gasteiger partial charge in [0.2, 0.25) is 0 Å². The highest BCUT2D eigenvalue weighted by Crippen LogP contribution is 2.44. The number of nitriles is 1. The molecule has 8 nitrogen and oxygen atoms in total. The maximum Gasteiger partial charge on any atom is 0.300 e. The molecular weight excluding hydrogens is 470 g/mol. The van der Waals surface area contributed by atoms with Gasteiger partial charge in [-0.05, 0) is 55.0 Å². The fourth-order valence-electron chi connectivity index (χ4n) is 4.66. The summed E-state index contributed by atoms with van der Waals surface area (Å²) in [4.78, 5) is 31.3. The Kier molecular flexibility index (Phi) is 6.12. The molecule has 1 atom stereocenters. The van der Waals surface area contributed by atoms with Crippen LogP contribution in [0.4, 0.5) is 5.69 Å². The first-order valence-electron chi connectivity index (χ1n) is 11.7. The van der Waals surface area contributed by atoms with E-state index in [0.29, 0.717) is 45.9 Å². The molecule has 0 saturated carbocycles. The molecule has 0 radical (unpaired) electrons. The Morgan fingerprint density at radius 3 is 2.54 bits per heavy atom. The molecule has 3 aromatic carbocycles. The Morgan fingerprint density at radius 2 is 1.84 bits per heavy atom. The molecule has 8 heteroatoms. The average molecular weight is 494 g/mol. The highest BCUT2D eigenvalue weighted by molar-refractivity contribution is 6.51. The quantitative estimate of drug-likeness (QED) is 0.220. The summed E-state index contributed by atoms with van der Waals surface area (Å²) in [5, 5.41) is 21.4. The molecule has 0 bridgehead atoms. The number of hydrogen-bond donors (Lipinski definition) is 2. The number of Topliss-reactive ketones (excluding diaryl/α,β-unsaturated/α-hetero) is 1. The third kappa shape index (κ3) is 3.96. The zero-order chi connectivity index (χ0) is 26.1. The number of aromatic amines is 1. The zero-order valence-corrected chi connectivity index (χ0v) is 20.2. The number of rotatable bonds is 6. The minimum Gasteiger partial charge on any atom is -0.507 e. The summed E-state index contributed by atoms with van der Waals surface area (Å²) in [7, 11) is 1.53. The van der Waals surface area contributed by atoms with E-state index >= 15 is 0 Å². The number of aliphatic hydroxyl groups is 1. The van der Waals surface area contributed by atoms with Crippen molar-refractivity contribution in [2.75, 3.05) is 18.6 Å². The van der Waals surface area contributed by atoms with Gasteiger partial charge in [-0.25, -0.2) is 0 Å². The van der Waals surface area contributed by atoms with Gasteiger partial charge in [-0.15, -0.1) is 0 Å². The first-order chi connectivity index (χ1) is 18.0. The fourth-order valence-corrected chi connectivity index (χ4v) is 4.66. The van der Waals surface area contributed by atoms with Gasteiger partial charge < -0.3 is 19.6 Å². The number of aromatic nitrogens is 1. The van der Waals surface area contributed by atoms with Crippen molar-refractivity contribution in [2.24, 2.45) is 0 Å². The molecule has 0 aliphatic carbocycles. The van der Waals surface area contributed by atoms with Crippen LogP contribution in [0.1, 0.15) is 29.7 Å². The van der Waals surface area contributed by atoms with Crippen LogP contribution in [0.5, 0.6) is 11.5 Å². The van der Waals surface area contributed by atoms with Crippen LogP contribution in [0, 0.1) is 11.3 Å². The number of amides is 1. The molecule has 4 aromatic rings. The first kappa shape index (κ1) is 23.7. The maximum atomic E-state index is 13.5. The van der Waals surface area contributed by atoms with Crippen LogP contribution in [0.15, 0.2) is 78.5 Å². The summed E-state index contributed by atoms with van der Waals surface area (Å²) >= 11 is 0. The van der Waals surface area contributed by atoms with Crippen molar-refractivity contribution >= 4 is 34.0 Å². The molecule has 2 N–H and O–H groups in total. The van der Waals surface area contributed by atoms with E-state index in [1.165, 1.54) is 12.0 Å². The minimum absolute atomic E-state index is 0.0493. The van der Waals surface area contributed by atoms with E-state index in [9.17, 15) is 20.0 Å². The van der Waals surface area contributed by atoms with Crippen LogP contribution >= 0.6 is 0 Å². The summed E-state index contributed by atoms with van der Waals surface area (Å²) in [5.74, 6) is -0.945. The first-order valence-corrected chi connectivity index (χ1v) is 11.7. The number of methoxy groups -OCH3 is 1. The number of para-hydroxylation sites is 1. The van der Waals surface area contributed by atoms with E-state index in [-0.39, 0.29) is 11.3 Å². The van der Waals surface area contributed by atoms with Gasteiger partial charge in [0, 0.05) is 28.4 Å². The molecule has 1 aromatic heterocycles. The molecule has 184 valence electrons. The zero-order valence-electron chi connectivity index (χ0n) is 20.2. The molecule has 1 saturated heterocycles. The Morgan fingerprint density at radius 1 is 1.08 bits per heavy atom. The molecular formula is C29H23N3O5. The lowest BCUT2D eigenvalue weighted by Gasteiger charge is -2.26. The van der Waals surface area contributed by atoms with Crippen molar-refractivity contribution in [3.8, 4) is 17.6 Å². The van der Waals surface area contributed by atoms with Crippen LogP contribution < -0.4 is 14.4 Å². The number of aliphatic hydroxyl groups excluding tert-OH is 1. The van der Waals surface area contributed by atoms with Crippen molar-refractivity contribution in [1.82, 2.24) is 4.98 Å². The second-order valence-electron chi connectivity index (χ2n) is 8.42. The average Bonchev–Trinajstić information content (AvgIpc) is 3.47. The highest BCUT2D eigenvalue weighted by atomic mass is 16.5. The molecule has 1 aliphatic rings. The van der Waals surface area contributed by atoms with Gasteiger partial charge in [-0.3, -0.25) is 14.5 Å². The number of fused-ring (bicyclic) bond motifs is 1. The van der Waals surface area contributed by atoms with Gasteiger partial charge in [0.1, 0.15) is 5.76 Å². The van der Waals surface area contributed by atoms with Crippen molar-refractivity contribution in [3.05, 3.63) is 95.2 Å². The second-order valence-corrected chi connectivity index (χ2v) is 8.42. The fraction of sp³-hybridized carbons (Fsp3) is 0.138. The molecule has 1 aliphatic heterocycles. The Labute approximate surface area is 213 Å². The van der Waals surface area contributed by atoms with Crippen LogP contribution in [0.25, 0.3) is 16.7 Å². The lowest BCUT2D eigenvalue weighted by molar-refractivity contribution is -0.132. The monoisotopic (exact) mass is 493 g/mol. The topological polar surface area (TPSA) is 116 Å². The Bertz CT molecular complexity index is 1590. The number of benzene rings is 3. The molecule has 2 heterocycles. The van der Waals surface area contributed by atoms with Crippen molar-refractivity contribution in [1.29, 1.82) is 5.26 Å². The summed E-state index contributed by atoms with van der Waals surface area (Å²) < 4.78 is 11.2. The number of carbonyl (C=O) groups excluding carboxylic acids is 2. The third-order valence-corrected chi connectivity index (χ3v) is 6.37. The van der Waals surface area contributed by atoms with Gasteiger partial charge in [0.25, 0.3) is 11.7 Å². The Hall–Kier alpha value is -5.03. The number of carbonyl (C=O) groups is 2. The molecule has 37 heavy (non-hydrogen) atoms. The smallest absolute Gasteiger partial charge is 0.300 e. The lowest BCUT2D eigenvalue weighted by atomic mass is 9.94. The number of nitrogens with one attached hydrogen (secondary N) is 1. The molecule has 1 amide bonds. The number of nitrogens with zero attached hydrogens (tertiary/aromatic N) is 2. The highest BCUT2D eigenvalue weighted by Gasteiger charge is 2.47. The number of ketones is 1. The van der Waals surface area contributed by atoms with Gasteiger partial charge in [0.15, 0.2) is 11.5 Å². The van der Waals surface area contributed by atoms with Gasteiger partial charge in [-0.2, -0.15) is 5.26 Å². The molecule has 1 unspecified atom stereocenters. The third-order valence-electron chi connectivity index (χ3n) is 6.37. The maximum absolute atomic E-state index is 13.5. The van der Waals surface area contributed by atoms with Gasteiger partial charge in [-0.1, -0.05) is 24.3 Å². The largest absolute Gasteiger partial charge is 0.507 e. The summed E-state index contributed by atoms with van der Waals surface area (Å²) in [5.41, 5.74) is 2.53. The predicted molar refractivity (Wildman–Crippen MR) is 138 cm³/mol. The number of anilines is 1. The molecule has 5 rings (SSSR count). The number of ether oxygens (including phenoxy) is 2. The van der Waals surface area contributed by atoms with E-state index in [4.69, 9.17) is 9.47 Å². The molecule has 0 spiro atoms. The SMILES string of the molecule is CCOc1cc(C2/C(=C(/O)c3c[nH]c4ccccc34)C(=O)C(=O)N2c2ccc(C#N)cc2)ccc1OC. The van der Waals surface area contributed by atoms with Crippen LogP contribution in [-0.2, 0) is 9.59 Å². The Balaban J connectivity index is 1.75.